The van der Waals surface area contributed by atoms with Crippen LogP contribution in [0.15, 0.2) is 48.5 Å². The number of urea groups is 1. The first-order valence-electron chi connectivity index (χ1n) is 9.68. The Morgan fingerprint density at radius 2 is 1.96 bits per heavy atom. The fourth-order valence-corrected chi connectivity index (χ4v) is 3.43. The van der Waals surface area contributed by atoms with Gasteiger partial charge < -0.3 is 15.1 Å². The molecule has 1 N–H and O–H groups in total. The molecule has 1 aliphatic rings. The quantitative estimate of drug-likeness (QED) is 0.793. The summed E-state index contributed by atoms with van der Waals surface area (Å²) < 4.78 is 13.4. The normalized spacial score (nSPS) is 13.6. The molecule has 2 aromatic rings. The summed E-state index contributed by atoms with van der Waals surface area (Å²) in [6.07, 6.45) is 1.52. The van der Waals surface area contributed by atoms with Gasteiger partial charge in [-0.2, -0.15) is 0 Å². The van der Waals surface area contributed by atoms with E-state index in [0.29, 0.717) is 32.6 Å². The number of benzene rings is 2. The van der Waals surface area contributed by atoms with Crippen molar-refractivity contribution in [3.63, 3.8) is 0 Å². The summed E-state index contributed by atoms with van der Waals surface area (Å²) in [5, 5.41) is 2.95. The molecule has 0 bridgehead atoms. The van der Waals surface area contributed by atoms with Gasteiger partial charge >= 0.3 is 6.03 Å². The second kappa shape index (κ2) is 9.35. The van der Waals surface area contributed by atoms with Gasteiger partial charge in [0.1, 0.15) is 5.82 Å². The second-order valence-corrected chi connectivity index (χ2v) is 6.99. The maximum atomic E-state index is 13.4. The number of amides is 3. The Labute approximate surface area is 165 Å². The number of carbonyl (C=O) groups excluding carboxylic acids is 2. The first-order chi connectivity index (χ1) is 13.6. The van der Waals surface area contributed by atoms with E-state index in [4.69, 9.17) is 0 Å². The van der Waals surface area contributed by atoms with Crippen molar-refractivity contribution in [2.75, 3.05) is 13.1 Å². The second-order valence-electron chi connectivity index (χ2n) is 6.99. The highest BCUT2D eigenvalue weighted by molar-refractivity contribution is 5.78. The fraction of sp³-hybridized carbons (Fsp3) is 0.364. The number of nitrogens with zero attached hydrogens (tertiary/aromatic N) is 2. The Morgan fingerprint density at radius 1 is 1.18 bits per heavy atom. The predicted octanol–water partition coefficient (Wildman–Crippen LogP) is 3.68. The Kier molecular flexibility index (Phi) is 6.63. The average Bonchev–Trinajstić information content (AvgIpc) is 3.10. The first-order valence-corrected chi connectivity index (χ1v) is 9.68. The molecule has 6 heteroatoms. The van der Waals surface area contributed by atoms with E-state index in [-0.39, 0.29) is 17.8 Å². The van der Waals surface area contributed by atoms with E-state index >= 15 is 0 Å². The maximum absolute atomic E-state index is 13.4. The monoisotopic (exact) mass is 383 g/mol. The molecule has 5 nitrogen and oxygen atoms in total. The lowest BCUT2D eigenvalue weighted by molar-refractivity contribution is -0.128. The fourth-order valence-electron chi connectivity index (χ4n) is 3.43. The standard InChI is InChI=1S/C22H26FN3O2/c1-2-25(15-17-7-5-10-20(23)13-17)22(28)24-14-18-8-3-4-9-19(18)16-26-12-6-11-21(26)27/h3-5,7-10,13H,2,6,11-12,14-16H2,1H3,(H,24,28). The minimum Gasteiger partial charge on any atom is -0.338 e. The van der Waals surface area contributed by atoms with Crippen LogP contribution in [0.2, 0.25) is 0 Å². The first kappa shape index (κ1) is 19.9. The lowest BCUT2D eigenvalue weighted by atomic mass is 10.1. The predicted molar refractivity (Wildman–Crippen MR) is 106 cm³/mol. The molecule has 0 aromatic heterocycles. The molecule has 3 amide bonds. The zero-order chi connectivity index (χ0) is 19.9. The smallest absolute Gasteiger partial charge is 0.317 e. The molecule has 0 aliphatic carbocycles. The molecule has 0 saturated carbocycles. The van der Waals surface area contributed by atoms with Crippen LogP contribution in [-0.2, 0) is 24.4 Å². The molecule has 1 aliphatic heterocycles. The zero-order valence-electron chi connectivity index (χ0n) is 16.2. The molecule has 0 spiro atoms. The van der Waals surface area contributed by atoms with Gasteiger partial charge in [0.15, 0.2) is 0 Å². The van der Waals surface area contributed by atoms with Crippen molar-refractivity contribution in [2.24, 2.45) is 0 Å². The summed E-state index contributed by atoms with van der Waals surface area (Å²) in [6, 6.07) is 13.9. The van der Waals surface area contributed by atoms with Gasteiger partial charge in [-0.15, -0.1) is 0 Å². The van der Waals surface area contributed by atoms with Crippen molar-refractivity contribution in [1.29, 1.82) is 0 Å². The number of carbonyl (C=O) groups is 2. The van der Waals surface area contributed by atoms with E-state index in [2.05, 4.69) is 5.32 Å². The van der Waals surface area contributed by atoms with Gasteiger partial charge in [0.25, 0.3) is 0 Å². The Balaban J connectivity index is 1.61. The largest absolute Gasteiger partial charge is 0.338 e. The SMILES string of the molecule is CCN(Cc1cccc(F)c1)C(=O)NCc1ccccc1CN1CCCC1=O. The van der Waals surface area contributed by atoms with E-state index < -0.39 is 0 Å². The van der Waals surface area contributed by atoms with Crippen molar-refractivity contribution in [2.45, 2.75) is 39.4 Å². The molecule has 1 fully saturated rings. The van der Waals surface area contributed by atoms with Gasteiger partial charge in [0.05, 0.1) is 0 Å². The molecule has 28 heavy (non-hydrogen) atoms. The minimum atomic E-state index is -0.306. The van der Waals surface area contributed by atoms with Gasteiger partial charge in [-0.3, -0.25) is 4.79 Å². The summed E-state index contributed by atoms with van der Waals surface area (Å²) in [6.45, 7) is 4.52. The van der Waals surface area contributed by atoms with E-state index in [0.717, 1.165) is 29.7 Å². The van der Waals surface area contributed by atoms with Crippen LogP contribution >= 0.6 is 0 Å². The summed E-state index contributed by atoms with van der Waals surface area (Å²) in [5.41, 5.74) is 2.80. The van der Waals surface area contributed by atoms with Crippen molar-refractivity contribution in [1.82, 2.24) is 15.1 Å². The van der Waals surface area contributed by atoms with Gasteiger partial charge in [-0.1, -0.05) is 36.4 Å². The third kappa shape index (κ3) is 5.09. The number of rotatable bonds is 7. The lowest BCUT2D eigenvalue weighted by Gasteiger charge is -2.23. The van der Waals surface area contributed by atoms with Gasteiger partial charge in [0, 0.05) is 39.1 Å². The molecule has 148 valence electrons. The van der Waals surface area contributed by atoms with Crippen LogP contribution in [0, 0.1) is 5.82 Å². The van der Waals surface area contributed by atoms with E-state index in [1.807, 2.05) is 36.1 Å². The van der Waals surface area contributed by atoms with E-state index in [1.54, 1.807) is 17.0 Å². The van der Waals surface area contributed by atoms with Crippen LogP contribution in [0.1, 0.15) is 36.5 Å². The third-order valence-electron chi connectivity index (χ3n) is 5.01. The third-order valence-corrected chi connectivity index (χ3v) is 5.01. The number of hydrogen-bond donors (Lipinski definition) is 1. The molecule has 2 aromatic carbocycles. The van der Waals surface area contributed by atoms with Crippen molar-refractivity contribution in [3.8, 4) is 0 Å². The summed E-state index contributed by atoms with van der Waals surface area (Å²) in [4.78, 5) is 28.0. The van der Waals surface area contributed by atoms with Crippen LogP contribution in [-0.4, -0.2) is 34.8 Å². The van der Waals surface area contributed by atoms with Gasteiger partial charge in [0.2, 0.25) is 5.91 Å². The topological polar surface area (TPSA) is 52.7 Å². The molecule has 1 heterocycles. The van der Waals surface area contributed by atoms with Crippen molar-refractivity contribution < 1.29 is 14.0 Å². The van der Waals surface area contributed by atoms with Crippen LogP contribution in [0.25, 0.3) is 0 Å². The Bertz CT molecular complexity index is 840. The molecular formula is C22H26FN3O2. The number of likely N-dealkylation sites (tertiary alicyclic amines) is 1. The Hall–Kier alpha value is -2.89. The molecule has 0 atom stereocenters. The highest BCUT2D eigenvalue weighted by atomic mass is 19.1. The van der Waals surface area contributed by atoms with E-state index in [9.17, 15) is 14.0 Å². The molecule has 3 rings (SSSR count). The van der Waals surface area contributed by atoms with Crippen LogP contribution in [0.3, 0.4) is 0 Å². The average molecular weight is 383 g/mol. The summed E-state index contributed by atoms with van der Waals surface area (Å²) in [7, 11) is 0. The van der Waals surface area contributed by atoms with Crippen molar-refractivity contribution >= 4 is 11.9 Å². The van der Waals surface area contributed by atoms with Crippen molar-refractivity contribution in [3.05, 3.63) is 71.0 Å². The van der Waals surface area contributed by atoms with Gasteiger partial charge in [-0.25, -0.2) is 9.18 Å². The number of hydrogen-bond acceptors (Lipinski definition) is 2. The molecular weight excluding hydrogens is 357 g/mol. The van der Waals surface area contributed by atoms with E-state index in [1.165, 1.54) is 12.1 Å². The van der Waals surface area contributed by atoms with Gasteiger partial charge in [-0.05, 0) is 42.2 Å². The highest BCUT2D eigenvalue weighted by Gasteiger charge is 2.21. The Morgan fingerprint density at radius 3 is 2.64 bits per heavy atom. The van der Waals surface area contributed by atoms with Crippen LogP contribution in [0.5, 0.6) is 0 Å². The lowest BCUT2D eigenvalue weighted by Crippen LogP contribution is -2.39. The highest BCUT2D eigenvalue weighted by Crippen LogP contribution is 2.17. The molecule has 0 radical (unpaired) electrons. The minimum absolute atomic E-state index is 0.186. The molecule has 1 saturated heterocycles. The number of nitrogens with one attached hydrogen (secondary N) is 1. The number of halogens is 1. The summed E-state index contributed by atoms with van der Waals surface area (Å²) in [5.74, 6) is -0.120. The summed E-state index contributed by atoms with van der Waals surface area (Å²) >= 11 is 0. The molecule has 0 unspecified atom stereocenters. The van der Waals surface area contributed by atoms with Crippen LogP contribution < -0.4 is 5.32 Å². The van der Waals surface area contributed by atoms with Crippen LogP contribution in [0.4, 0.5) is 9.18 Å². The maximum Gasteiger partial charge on any atom is 0.317 e. The zero-order valence-corrected chi connectivity index (χ0v) is 16.2.